The highest BCUT2D eigenvalue weighted by Crippen LogP contribution is 2.42. The van der Waals surface area contributed by atoms with E-state index in [1.54, 1.807) is 13.3 Å². The maximum Gasteiger partial charge on any atom is 0.247 e. The third kappa shape index (κ3) is 2.79. The Labute approximate surface area is 156 Å². The van der Waals surface area contributed by atoms with Crippen molar-refractivity contribution in [1.29, 1.82) is 0 Å². The van der Waals surface area contributed by atoms with Crippen molar-refractivity contribution >= 4 is 11.8 Å². The fraction of sp³-hybridized carbons (Fsp3) is 0.647. The monoisotopic (exact) mass is 372 g/mol. The SMILES string of the molecule is CCC(=O)N1CCc2[nH]cnc2C12CCN(C(=O)[C@H](C)n1cnnn1)CC2. The number of aromatic amines is 1. The number of aromatic nitrogens is 6. The molecule has 1 saturated heterocycles. The molecule has 0 radical (unpaired) electrons. The Morgan fingerprint density at radius 1 is 1.30 bits per heavy atom. The number of hydrogen-bond donors (Lipinski definition) is 1. The summed E-state index contributed by atoms with van der Waals surface area (Å²) in [5.41, 5.74) is 1.66. The van der Waals surface area contributed by atoms with Crippen LogP contribution in [-0.2, 0) is 21.5 Å². The largest absolute Gasteiger partial charge is 0.348 e. The zero-order chi connectivity index (χ0) is 19.0. The fourth-order valence-electron chi connectivity index (χ4n) is 4.36. The number of imidazole rings is 1. The van der Waals surface area contributed by atoms with Gasteiger partial charge in [0.05, 0.1) is 17.6 Å². The zero-order valence-electron chi connectivity index (χ0n) is 15.6. The number of carbonyl (C=O) groups excluding carboxylic acids is 2. The van der Waals surface area contributed by atoms with E-state index in [-0.39, 0.29) is 11.8 Å². The number of piperidine rings is 1. The van der Waals surface area contributed by atoms with Crippen molar-refractivity contribution in [2.45, 2.75) is 51.1 Å². The van der Waals surface area contributed by atoms with Crippen LogP contribution in [0.2, 0.25) is 0 Å². The van der Waals surface area contributed by atoms with E-state index in [0.717, 1.165) is 17.8 Å². The van der Waals surface area contributed by atoms with Crippen LogP contribution in [0.15, 0.2) is 12.7 Å². The second-order valence-corrected chi connectivity index (χ2v) is 7.20. The molecule has 0 bridgehead atoms. The Morgan fingerprint density at radius 3 is 2.74 bits per heavy atom. The number of tetrazole rings is 1. The van der Waals surface area contributed by atoms with E-state index >= 15 is 0 Å². The van der Waals surface area contributed by atoms with Crippen molar-refractivity contribution in [3.8, 4) is 0 Å². The number of fused-ring (bicyclic) bond motifs is 2. The van der Waals surface area contributed by atoms with Gasteiger partial charge in [0.2, 0.25) is 11.8 Å². The number of rotatable bonds is 3. The maximum absolute atomic E-state index is 12.8. The average Bonchev–Trinajstić information content (AvgIpc) is 3.39. The van der Waals surface area contributed by atoms with Crippen LogP contribution in [0.5, 0.6) is 0 Å². The molecule has 2 aromatic rings. The molecule has 0 unspecified atom stereocenters. The number of carbonyl (C=O) groups is 2. The number of H-pyrrole nitrogens is 1. The normalized spacial score (nSPS) is 19.8. The molecule has 0 aromatic carbocycles. The molecule has 10 nitrogen and oxygen atoms in total. The summed E-state index contributed by atoms with van der Waals surface area (Å²) in [4.78, 5) is 37.1. The average molecular weight is 372 g/mol. The van der Waals surface area contributed by atoms with E-state index in [0.29, 0.717) is 38.9 Å². The van der Waals surface area contributed by atoms with Gasteiger partial charge in [0.15, 0.2) is 0 Å². The first-order valence-electron chi connectivity index (χ1n) is 9.41. The van der Waals surface area contributed by atoms with Crippen LogP contribution in [-0.4, -0.2) is 71.4 Å². The molecular formula is C17H24N8O2. The van der Waals surface area contributed by atoms with Gasteiger partial charge in [-0.15, -0.1) is 5.10 Å². The van der Waals surface area contributed by atoms with Gasteiger partial charge < -0.3 is 14.8 Å². The van der Waals surface area contributed by atoms with E-state index in [2.05, 4.69) is 25.5 Å². The van der Waals surface area contributed by atoms with E-state index in [1.165, 1.54) is 11.0 Å². The van der Waals surface area contributed by atoms with Crippen molar-refractivity contribution in [1.82, 2.24) is 40.0 Å². The molecule has 0 aliphatic carbocycles. The van der Waals surface area contributed by atoms with Gasteiger partial charge in [-0.05, 0) is 30.2 Å². The minimum Gasteiger partial charge on any atom is -0.348 e. The summed E-state index contributed by atoms with van der Waals surface area (Å²) in [6.07, 6.45) is 5.80. The first kappa shape index (κ1) is 17.6. The van der Waals surface area contributed by atoms with Crippen molar-refractivity contribution in [3.63, 3.8) is 0 Å². The first-order chi connectivity index (χ1) is 13.1. The number of nitrogens with one attached hydrogen (secondary N) is 1. The van der Waals surface area contributed by atoms with Crippen LogP contribution >= 0.6 is 0 Å². The minimum absolute atomic E-state index is 0.0106. The zero-order valence-corrected chi connectivity index (χ0v) is 15.6. The Morgan fingerprint density at radius 2 is 2.07 bits per heavy atom. The van der Waals surface area contributed by atoms with Gasteiger partial charge >= 0.3 is 0 Å². The first-order valence-corrected chi connectivity index (χ1v) is 9.41. The number of hydrogen-bond acceptors (Lipinski definition) is 6. The summed E-state index contributed by atoms with van der Waals surface area (Å²) in [5.74, 6) is 0.133. The topological polar surface area (TPSA) is 113 Å². The molecule has 2 aliphatic heterocycles. The Balaban J connectivity index is 1.55. The van der Waals surface area contributed by atoms with Crippen LogP contribution < -0.4 is 0 Å². The highest BCUT2D eigenvalue weighted by molar-refractivity contribution is 5.80. The van der Waals surface area contributed by atoms with E-state index in [4.69, 9.17) is 0 Å². The molecule has 27 heavy (non-hydrogen) atoms. The molecular weight excluding hydrogens is 348 g/mol. The van der Waals surface area contributed by atoms with Crippen LogP contribution in [0, 0.1) is 0 Å². The van der Waals surface area contributed by atoms with E-state index in [1.807, 2.05) is 16.7 Å². The molecule has 2 amide bonds. The molecule has 2 aliphatic rings. The molecule has 1 atom stereocenters. The van der Waals surface area contributed by atoms with Gasteiger partial charge in [-0.2, -0.15) is 0 Å². The molecule has 0 saturated carbocycles. The summed E-state index contributed by atoms with van der Waals surface area (Å²) in [6.45, 7) is 5.53. The van der Waals surface area contributed by atoms with Gasteiger partial charge in [-0.3, -0.25) is 9.59 Å². The fourth-order valence-corrected chi connectivity index (χ4v) is 4.36. The third-order valence-corrected chi connectivity index (χ3v) is 5.89. The lowest BCUT2D eigenvalue weighted by molar-refractivity contribution is -0.145. The van der Waals surface area contributed by atoms with Gasteiger partial charge in [0.25, 0.3) is 0 Å². The molecule has 144 valence electrons. The second-order valence-electron chi connectivity index (χ2n) is 7.20. The highest BCUT2D eigenvalue weighted by atomic mass is 16.2. The molecule has 4 rings (SSSR count). The van der Waals surface area contributed by atoms with Crippen molar-refractivity contribution in [2.75, 3.05) is 19.6 Å². The van der Waals surface area contributed by atoms with Gasteiger partial charge in [-0.1, -0.05) is 6.92 Å². The van der Waals surface area contributed by atoms with Gasteiger partial charge in [0.1, 0.15) is 12.4 Å². The lowest BCUT2D eigenvalue weighted by atomic mass is 9.78. The summed E-state index contributed by atoms with van der Waals surface area (Å²) in [7, 11) is 0. The predicted molar refractivity (Wildman–Crippen MR) is 94.3 cm³/mol. The summed E-state index contributed by atoms with van der Waals surface area (Å²) >= 11 is 0. The quantitative estimate of drug-likeness (QED) is 0.827. The molecule has 4 heterocycles. The standard InChI is InChI=1S/C17H24N8O2/c1-3-14(26)24-7-4-13-15(19-10-18-13)17(24)5-8-23(9-6-17)16(27)12(2)25-11-20-21-22-25/h10-12H,3-9H2,1-2H3,(H,18,19)/t12-/m0/s1. The summed E-state index contributed by atoms with van der Waals surface area (Å²) in [6, 6.07) is -0.449. The molecule has 2 aromatic heterocycles. The summed E-state index contributed by atoms with van der Waals surface area (Å²) < 4.78 is 1.46. The van der Waals surface area contributed by atoms with E-state index < -0.39 is 11.6 Å². The number of amides is 2. The van der Waals surface area contributed by atoms with Crippen LogP contribution in [0.3, 0.4) is 0 Å². The molecule has 1 spiro atoms. The Bertz CT molecular complexity index is 822. The highest BCUT2D eigenvalue weighted by Gasteiger charge is 2.49. The van der Waals surface area contributed by atoms with Crippen LogP contribution in [0.4, 0.5) is 0 Å². The lowest BCUT2D eigenvalue weighted by Gasteiger charge is -2.50. The number of likely N-dealkylation sites (tertiary alicyclic amines) is 1. The molecule has 10 heteroatoms. The molecule has 1 fully saturated rings. The number of nitrogens with zero attached hydrogens (tertiary/aromatic N) is 7. The van der Waals surface area contributed by atoms with Gasteiger partial charge in [-0.25, -0.2) is 9.67 Å². The summed E-state index contributed by atoms with van der Waals surface area (Å²) in [5, 5.41) is 11.0. The van der Waals surface area contributed by atoms with E-state index in [9.17, 15) is 9.59 Å². The third-order valence-electron chi connectivity index (χ3n) is 5.89. The lowest BCUT2D eigenvalue weighted by Crippen LogP contribution is -2.59. The Kier molecular flexibility index (Phi) is 4.40. The van der Waals surface area contributed by atoms with Crippen molar-refractivity contribution in [3.05, 3.63) is 24.0 Å². The second kappa shape index (κ2) is 6.75. The predicted octanol–water partition coefficient (Wildman–Crippen LogP) is 0.270. The minimum atomic E-state index is -0.449. The van der Waals surface area contributed by atoms with Crippen molar-refractivity contribution in [2.24, 2.45) is 0 Å². The maximum atomic E-state index is 12.8. The van der Waals surface area contributed by atoms with Gasteiger partial charge in [0, 0.05) is 38.2 Å². The smallest absolute Gasteiger partial charge is 0.247 e. The Hall–Kier alpha value is -2.78. The van der Waals surface area contributed by atoms with Crippen LogP contribution in [0.1, 0.15) is 50.5 Å². The van der Waals surface area contributed by atoms with Crippen LogP contribution in [0.25, 0.3) is 0 Å². The van der Waals surface area contributed by atoms with Crippen molar-refractivity contribution < 1.29 is 9.59 Å². The molecule has 1 N–H and O–H groups in total.